The van der Waals surface area contributed by atoms with Crippen LogP contribution in [0.3, 0.4) is 0 Å². The molecule has 0 aliphatic rings. The Morgan fingerprint density at radius 1 is 1.21 bits per heavy atom. The predicted octanol–water partition coefficient (Wildman–Crippen LogP) is 3.93. The summed E-state index contributed by atoms with van der Waals surface area (Å²) in [5, 5.41) is 3.53. The van der Waals surface area contributed by atoms with E-state index in [0.29, 0.717) is 6.04 Å². The molecule has 1 unspecified atom stereocenters. The number of benzene rings is 1. The van der Waals surface area contributed by atoms with Crippen LogP contribution in [0.25, 0.3) is 11.1 Å². The summed E-state index contributed by atoms with van der Waals surface area (Å²) < 4.78 is 5.80. The minimum atomic E-state index is 0.476. The first-order valence-electron chi connectivity index (χ1n) is 7.41. The van der Waals surface area contributed by atoms with Gasteiger partial charge in [-0.1, -0.05) is 45.2 Å². The van der Waals surface area contributed by atoms with Gasteiger partial charge in [0.05, 0.1) is 0 Å². The molecule has 1 heterocycles. The van der Waals surface area contributed by atoms with Crippen LogP contribution < -0.4 is 5.32 Å². The third-order valence-electron chi connectivity index (χ3n) is 3.41. The highest BCUT2D eigenvalue weighted by Crippen LogP contribution is 2.17. The molecule has 0 amide bonds. The number of hydrogen-bond donors (Lipinski definition) is 1. The van der Waals surface area contributed by atoms with Crippen molar-refractivity contribution in [2.24, 2.45) is 0 Å². The van der Waals surface area contributed by atoms with E-state index in [1.165, 1.54) is 25.7 Å². The number of fused-ring (bicyclic) bond motifs is 1. The zero-order chi connectivity index (χ0) is 13.5. The molecule has 2 rings (SSSR count). The van der Waals surface area contributed by atoms with E-state index < -0.39 is 0 Å². The van der Waals surface area contributed by atoms with E-state index in [4.69, 9.17) is 4.42 Å². The molecule has 3 heteroatoms. The quantitative estimate of drug-likeness (QED) is 0.731. The molecule has 0 saturated heterocycles. The van der Waals surface area contributed by atoms with Crippen molar-refractivity contribution in [3.63, 3.8) is 0 Å². The predicted molar refractivity (Wildman–Crippen MR) is 79.3 cm³/mol. The van der Waals surface area contributed by atoms with Crippen molar-refractivity contribution in [1.82, 2.24) is 10.3 Å². The van der Waals surface area contributed by atoms with Crippen LogP contribution in [0.4, 0.5) is 0 Å². The third-order valence-corrected chi connectivity index (χ3v) is 3.41. The van der Waals surface area contributed by atoms with Crippen molar-refractivity contribution in [2.75, 3.05) is 6.54 Å². The number of para-hydroxylation sites is 2. The molecular formula is C16H24N2O. The van der Waals surface area contributed by atoms with Gasteiger partial charge in [0.1, 0.15) is 5.52 Å². The van der Waals surface area contributed by atoms with Crippen molar-refractivity contribution in [1.29, 1.82) is 0 Å². The van der Waals surface area contributed by atoms with Gasteiger partial charge in [0.2, 0.25) is 0 Å². The first-order valence-corrected chi connectivity index (χ1v) is 7.41. The van der Waals surface area contributed by atoms with Crippen LogP contribution in [0.15, 0.2) is 28.7 Å². The van der Waals surface area contributed by atoms with E-state index in [0.717, 1.165) is 30.0 Å². The van der Waals surface area contributed by atoms with Gasteiger partial charge in [-0.2, -0.15) is 0 Å². The Bertz CT molecular complexity index is 459. The van der Waals surface area contributed by atoms with Gasteiger partial charge in [-0.15, -0.1) is 0 Å². The van der Waals surface area contributed by atoms with Crippen molar-refractivity contribution < 1.29 is 4.42 Å². The maximum absolute atomic E-state index is 5.80. The molecule has 1 N–H and O–H groups in total. The standard InChI is InChI=1S/C16H24N2O/c1-3-5-6-9-13(17-4-2)12-16-18-14-10-7-8-11-15(14)19-16/h7-8,10-11,13,17H,3-6,9,12H2,1-2H3. The molecule has 1 aromatic carbocycles. The van der Waals surface area contributed by atoms with E-state index in [-0.39, 0.29) is 0 Å². The molecule has 0 aliphatic carbocycles. The Kier molecular flexibility index (Phi) is 5.40. The monoisotopic (exact) mass is 260 g/mol. The molecule has 3 nitrogen and oxygen atoms in total. The fourth-order valence-electron chi connectivity index (χ4n) is 2.42. The second-order valence-corrected chi connectivity index (χ2v) is 5.03. The molecule has 0 bridgehead atoms. The molecule has 1 atom stereocenters. The summed E-state index contributed by atoms with van der Waals surface area (Å²) in [6.07, 6.45) is 5.91. The number of rotatable bonds is 8. The number of nitrogens with zero attached hydrogens (tertiary/aromatic N) is 1. The topological polar surface area (TPSA) is 38.1 Å². The van der Waals surface area contributed by atoms with Gasteiger partial charge >= 0.3 is 0 Å². The molecule has 1 aromatic heterocycles. The van der Waals surface area contributed by atoms with Crippen LogP contribution in [0.1, 0.15) is 45.4 Å². The normalized spacial score (nSPS) is 12.9. The maximum Gasteiger partial charge on any atom is 0.197 e. The van der Waals surface area contributed by atoms with Gasteiger partial charge in [-0.3, -0.25) is 0 Å². The highest BCUT2D eigenvalue weighted by Gasteiger charge is 2.12. The lowest BCUT2D eigenvalue weighted by molar-refractivity contribution is 0.420. The lowest BCUT2D eigenvalue weighted by Crippen LogP contribution is -2.31. The highest BCUT2D eigenvalue weighted by atomic mass is 16.3. The second kappa shape index (κ2) is 7.29. The zero-order valence-electron chi connectivity index (χ0n) is 12.0. The van der Waals surface area contributed by atoms with E-state index in [9.17, 15) is 0 Å². The lowest BCUT2D eigenvalue weighted by Gasteiger charge is -2.15. The summed E-state index contributed by atoms with van der Waals surface area (Å²) in [5.41, 5.74) is 1.85. The summed E-state index contributed by atoms with van der Waals surface area (Å²) in [4.78, 5) is 4.56. The average molecular weight is 260 g/mol. The molecule has 0 radical (unpaired) electrons. The van der Waals surface area contributed by atoms with Gasteiger partial charge in [0.25, 0.3) is 0 Å². The third kappa shape index (κ3) is 4.06. The average Bonchev–Trinajstić information content (AvgIpc) is 2.81. The van der Waals surface area contributed by atoms with Crippen LogP contribution in [-0.4, -0.2) is 17.6 Å². The maximum atomic E-state index is 5.80. The number of likely N-dealkylation sites (N-methyl/N-ethyl adjacent to an activating group) is 1. The Morgan fingerprint density at radius 2 is 2.05 bits per heavy atom. The molecule has 19 heavy (non-hydrogen) atoms. The van der Waals surface area contributed by atoms with Gasteiger partial charge in [-0.05, 0) is 25.1 Å². The van der Waals surface area contributed by atoms with Gasteiger partial charge in [0.15, 0.2) is 11.5 Å². The van der Waals surface area contributed by atoms with E-state index in [2.05, 4.69) is 24.1 Å². The first kappa shape index (κ1) is 14.1. The zero-order valence-corrected chi connectivity index (χ0v) is 12.0. The lowest BCUT2D eigenvalue weighted by atomic mass is 10.1. The van der Waals surface area contributed by atoms with Crippen LogP contribution in [0.5, 0.6) is 0 Å². The van der Waals surface area contributed by atoms with Crippen LogP contribution >= 0.6 is 0 Å². The smallest absolute Gasteiger partial charge is 0.197 e. The number of unbranched alkanes of at least 4 members (excludes halogenated alkanes) is 2. The summed E-state index contributed by atoms with van der Waals surface area (Å²) >= 11 is 0. The Balaban J connectivity index is 1.98. The minimum Gasteiger partial charge on any atom is -0.441 e. The van der Waals surface area contributed by atoms with E-state index in [1.54, 1.807) is 0 Å². The number of nitrogens with one attached hydrogen (secondary N) is 1. The van der Waals surface area contributed by atoms with Gasteiger partial charge in [-0.25, -0.2) is 4.98 Å². The Labute approximate surface area is 115 Å². The SMILES string of the molecule is CCCCCC(Cc1nc2ccccc2o1)NCC. The Hall–Kier alpha value is -1.35. The number of aromatic nitrogens is 1. The second-order valence-electron chi connectivity index (χ2n) is 5.03. The van der Waals surface area contributed by atoms with Crippen molar-refractivity contribution in [2.45, 2.75) is 52.0 Å². The van der Waals surface area contributed by atoms with E-state index in [1.807, 2.05) is 24.3 Å². The molecule has 0 fully saturated rings. The van der Waals surface area contributed by atoms with Crippen LogP contribution in [-0.2, 0) is 6.42 Å². The molecule has 0 spiro atoms. The summed E-state index contributed by atoms with van der Waals surface area (Å²) in [5.74, 6) is 0.851. The van der Waals surface area contributed by atoms with E-state index >= 15 is 0 Å². The van der Waals surface area contributed by atoms with Crippen LogP contribution in [0.2, 0.25) is 0 Å². The molecular weight excluding hydrogens is 236 g/mol. The minimum absolute atomic E-state index is 0.476. The molecule has 104 valence electrons. The van der Waals surface area contributed by atoms with Gasteiger partial charge < -0.3 is 9.73 Å². The molecule has 0 saturated carbocycles. The number of oxazole rings is 1. The van der Waals surface area contributed by atoms with Crippen molar-refractivity contribution in [3.8, 4) is 0 Å². The molecule has 0 aliphatic heterocycles. The van der Waals surface area contributed by atoms with Gasteiger partial charge in [0, 0.05) is 12.5 Å². The molecule has 2 aromatic rings. The summed E-state index contributed by atoms with van der Waals surface area (Å²) in [6, 6.07) is 8.44. The first-order chi connectivity index (χ1) is 9.33. The highest BCUT2D eigenvalue weighted by molar-refractivity contribution is 5.72. The van der Waals surface area contributed by atoms with Crippen LogP contribution in [0, 0.1) is 0 Å². The summed E-state index contributed by atoms with van der Waals surface area (Å²) in [7, 11) is 0. The fraction of sp³-hybridized carbons (Fsp3) is 0.562. The summed E-state index contributed by atoms with van der Waals surface area (Å²) in [6.45, 7) is 5.39. The Morgan fingerprint density at radius 3 is 2.79 bits per heavy atom. The largest absolute Gasteiger partial charge is 0.441 e. The number of hydrogen-bond acceptors (Lipinski definition) is 3. The fourth-order valence-corrected chi connectivity index (χ4v) is 2.42. The van der Waals surface area contributed by atoms with Crippen molar-refractivity contribution >= 4 is 11.1 Å². The van der Waals surface area contributed by atoms with Crippen molar-refractivity contribution in [3.05, 3.63) is 30.2 Å².